The zero-order chi connectivity index (χ0) is 41.6. The van der Waals surface area contributed by atoms with Gasteiger partial charge in [-0.15, -0.1) is 0 Å². The molecular formula is C57H43N3O2. The second kappa shape index (κ2) is 13.8. The van der Waals surface area contributed by atoms with Gasteiger partial charge in [-0.05, 0) is 88.7 Å². The second-order valence-corrected chi connectivity index (χ2v) is 17.6. The molecule has 9 aromatic rings. The highest BCUT2D eigenvalue weighted by molar-refractivity contribution is 6.18. The SMILES string of the molecule is CC1(C)c2cc(N(c3ccccc3)c3ccc4c(c3)oc3cccc(C5=CCC(c6ccccc6)=NC(c6ccc7c(c6)oc6ccccc67)=N5)c34)ccc2C2(C)C=CC=CC12. The van der Waals surface area contributed by atoms with Gasteiger partial charge in [0.05, 0.1) is 11.4 Å². The van der Waals surface area contributed by atoms with E-state index in [0.717, 1.165) is 89.0 Å². The van der Waals surface area contributed by atoms with E-state index < -0.39 is 0 Å². The highest BCUT2D eigenvalue weighted by atomic mass is 16.3. The monoisotopic (exact) mass is 801 g/mol. The lowest BCUT2D eigenvalue weighted by molar-refractivity contribution is 0.324. The number of amidine groups is 1. The van der Waals surface area contributed by atoms with Crippen molar-refractivity contribution >= 4 is 78.2 Å². The second-order valence-electron chi connectivity index (χ2n) is 17.6. The van der Waals surface area contributed by atoms with E-state index in [1.54, 1.807) is 0 Å². The molecule has 0 amide bonds. The number of nitrogens with zero attached hydrogens (tertiary/aromatic N) is 3. The standard InChI is InChI=1S/C57H43N3O2/c1-56(2)46-34-39(26-29-45(46)57(3)32-13-12-23-53(56)57)60(38-17-8-5-9-18-38)40-25-28-44-52(35-40)62-50-22-14-20-43(54(44)50)48-31-30-47(36-15-6-4-7-16-36)58-55(59-48)37-24-27-42-41-19-10-11-21-49(41)61-51(42)33-37/h4-29,31-35,53H,30H2,1-3H3. The zero-order valence-electron chi connectivity index (χ0n) is 34.8. The lowest BCUT2D eigenvalue weighted by Crippen LogP contribution is -2.33. The largest absolute Gasteiger partial charge is 0.456 e. The van der Waals surface area contributed by atoms with Crippen LogP contribution in [0.2, 0.25) is 0 Å². The van der Waals surface area contributed by atoms with E-state index in [1.165, 1.54) is 11.1 Å². The topological polar surface area (TPSA) is 54.2 Å². The first-order valence-electron chi connectivity index (χ1n) is 21.5. The van der Waals surface area contributed by atoms with Gasteiger partial charge in [-0.3, -0.25) is 0 Å². The third-order valence-electron chi connectivity index (χ3n) is 13.5. The smallest absolute Gasteiger partial charge is 0.160 e. The molecule has 7 aromatic carbocycles. The van der Waals surface area contributed by atoms with E-state index in [-0.39, 0.29) is 10.8 Å². The van der Waals surface area contributed by atoms with Gasteiger partial charge in [-0.2, -0.15) is 0 Å². The molecule has 0 N–H and O–H groups in total. The summed E-state index contributed by atoms with van der Waals surface area (Å²) in [6.45, 7) is 7.17. The number of anilines is 3. The Morgan fingerprint density at radius 3 is 2.13 bits per heavy atom. The van der Waals surface area contributed by atoms with Crippen molar-refractivity contribution in [2.45, 2.75) is 38.0 Å². The summed E-state index contributed by atoms with van der Waals surface area (Å²) in [5.74, 6) is 1.02. The Labute approximate surface area is 360 Å². The Morgan fingerprint density at radius 2 is 1.26 bits per heavy atom. The van der Waals surface area contributed by atoms with E-state index in [0.29, 0.717) is 18.2 Å². The number of aliphatic imine (C=N–C) groups is 2. The van der Waals surface area contributed by atoms with Crippen molar-refractivity contribution in [3.63, 3.8) is 0 Å². The first kappa shape index (κ1) is 36.4. The van der Waals surface area contributed by atoms with Crippen LogP contribution in [0.4, 0.5) is 17.1 Å². The van der Waals surface area contributed by atoms with Gasteiger partial charge in [0.25, 0.3) is 0 Å². The minimum absolute atomic E-state index is 0.0368. The van der Waals surface area contributed by atoms with E-state index in [9.17, 15) is 0 Å². The van der Waals surface area contributed by atoms with Gasteiger partial charge >= 0.3 is 0 Å². The predicted molar refractivity (Wildman–Crippen MR) is 256 cm³/mol. The zero-order valence-corrected chi connectivity index (χ0v) is 34.8. The minimum Gasteiger partial charge on any atom is -0.456 e. The maximum atomic E-state index is 6.78. The quantitative estimate of drug-likeness (QED) is 0.168. The summed E-state index contributed by atoms with van der Waals surface area (Å²) in [5.41, 5.74) is 14.0. The highest BCUT2D eigenvalue weighted by Gasteiger charge is 2.51. The summed E-state index contributed by atoms with van der Waals surface area (Å²) in [6.07, 6.45) is 12.0. The Bertz CT molecular complexity index is 3430. The summed E-state index contributed by atoms with van der Waals surface area (Å²) in [6, 6.07) is 55.4. The van der Waals surface area contributed by atoms with Crippen molar-refractivity contribution in [2.24, 2.45) is 15.9 Å². The molecule has 0 fully saturated rings. The molecule has 0 saturated carbocycles. The number of furan rings is 2. The number of hydrogen-bond acceptors (Lipinski definition) is 5. The summed E-state index contributed by atoms with van der Waals surface area (Å²) in [4.78, 5) is 13.0. The third kappa shape index (κ3) is 5.61. The van der Waals surface area contributed by atoms with Crippen molar-refractivity contribution in [1.82, 2.24) is 0 Å². The number of rotatable bonds is 6. The predicted octanol–water partition coefficient (Wildman–Crippen LogP) is 14.9. The maximum absolute atomic E-state index is 6.78. The molecule has 0 radical (unpaired) electrons. The Balaban J connectivity index is 0.983. The molecule has 3 heterocycles. The van der Waals surface area contributed by atoms with Crippen LogP contribution in [0.1, 0.15) is 55.0 Å². The van der Waals surface area contributed by atoms with Crippen molar-refractivity contribution < 1.29 is 8.83 Å². The fraction of sp³-hybridized carbons (Fsp3) is 0.123. The summed E-state index contributed by atoms with van der Waals surface area (Å²) >= 11 is 0. The molecule has 2 aliphatic carbocycles. The number of hydrogen-bond donors (Lipinski definition) is 0. The Hall–Kier alpha value is -7.50. The lowest BCUT2D eigenvalue weighted by Gasteiger charge is -2.36. The minimum atomic E-state index is -0.0381. The average molecular weight is 802 g/mol. The van der Waals surface area contributed by atoms with Crippen LogP contribution in [0.25, 0.3) is 49.6 Å². The molecular weight excluding hydrogens is 759 g/mol. The Morgan fingerprint density at radius 1 is 0.548 bits per heavy atom. The van der Waals surface area contributed by atoms with Crippen LogP contribution in [0, 0.1) is 5.92 Å². The van der Waals surface area contributed by atoms with Crippen LogP contribution in [-0.4, -0.2) is 11.5 Å². The van der Waals surface area contributed by atoms with Crippen LogP contribution in [0.15, 0.2) is 207 Å². The van der Waals surface area contributed by atoms with Crippen LogP contribution in [0.5, 0.6) is 0 Å². The number of allylic oxidation sites excluding steroid dienone is 5. The van der Waals surface area contributed by atoms with E-state index >= 15 is 0 Å². The molecule has 5 heteroatoms. The molecule has 0 saturated heterocycles. The van der Waals surface area contributed by atoms with Gasteiger partial charge in [-0.1, -0.05) is 142 Å². The van der Waals surface area contributed by atoms with Crippen molar-refractivity contribution in [3.8, 4) is 0 Å². The normalized spacial score (nSPS) is 19.0. The molecule has 298 valence electrons. The fourth-order valence-electron chi connectivity index (χ4n) is 10.5. The molecule has 2 atom stereocenters. The number of benzene rings is 7. The summed E-state index contributed by atoms with van der Waals surface area (Å²) in [7, 11) is 0. The molecule has 2 unspecified atom stereocenters. The van der Waals surface area contributed by atoms with Gasteiger partial charge in [0, 0.05) is 67.6 Å². The molecule has 5 nitrogen and oxygen atoms in total. The van der Waals surface area contributed by atoms with E-state index in [2.05, 4.69) is 190 Å². The average Bonchev–Trinajstić information content (AvgIpc) is 3.85. The van der Waals surface area contributed by atoms with Crippen LogP contribution in [0.3, 0.4) is 0 Å². The summed E-state index contributed by atoms with van der Waals surface area (Å²) < 4.78 is 13.1. The van der Waals surface area contributed by atoms with Gasteiger partial charge in [-0.25, -0.2) is 9.98 Å². The molecule has 1 aliphatic heterocycles. The Kier molecular flexibility index (Phi) is 8.07. The van der Waals surface area contributed by atoms with Gasteiger partial charge in [0.15, 0.2) is 5.84 Å². The molecule has 0 bridgehead atoms. The van der Waals surface area contributed by atoms with Crippen LogP contribution in [-0.2, 0) is 10.8 Å². The molecule has 3 aliphatic rings. The maximum Gasteiger partial charge on any atom is 0.160 e. The number of fused-ring (bicyclic) bond motifs is 9. The molecule has 12 rings (SSSR count). The van der Waals surface area contributed by atoms with Gasteiger partial charge < -0.3 is 13.7 Å². The molecule has 2 aromatic heterocycles. The molecule has 0 spiro atoms. The van der Waals surface area contributed by atoms with Crippen LogP contribution < -0.4 is 4.90 Å². The highest BCUT2D eigenvalue weighted by Crippen LogP contribution is 2.57. The first-order chi connectivity index (χ1) is 30.3. The molecule has 62 heavy (non-hydrogen) atoms. The first-order valence-corrected chi connectivity index (χ1v) is 21.5. The third-order valence-corrected chi connectivity index (χ3v) is 13.5. The van der Waals surface area contributed by atoms with E-state index in [1.807, 2.05) is 24.3 Å². The van der Waals surface area contributed by atoms with Gasteiger partial charge in [0.1, 0.15) is 22.3 Å². The van der Waals surface area contributed by atoms with Crippen LogP contribution >= 0.6 is 0 Å². The summed E-state index contributed by atoms with van der Waals surface area (Å²) in [5, 5.41) is 4.23. The van der Waals surface area contributed by atoms with Crippen molar-refractivity contribution in [2.75, 3.05) is 4.90 Å². The fourth-order valence-corrected chi connectivity index (χ4v) is 10.5. The van der Waals surface area contributed by atoms with Crippen molar-refractivity contribution in [1.29, 1.82) is 0 Å². The van der Waals surface area contributed by atoms with Crippen molar-refractivity contribution in [3.05, 3.63) is 216 Å². The van der Waals surface area contributed by atoms with E-state index in [4.69, 9.17) is 18.8 Å². The lowest BCUT2D eigenvalue weighted by atomic mass is 9.67. The number of para-hydroxylation sites is 2. The van der Waals surface area contributed by atoms with Gasteiger partial charge in [0.2, 0.25) is 0 Å².